The van der Waals surface area contributed by atoms with Gasteiger partial charge >= 0.3 is 0 Å². The molecular formula is C18H21Cl2FN2O3S. The fourth-order valence-electron chi connectivity index (χ4n) is 3.15. The highest BCUT2D eigenvalue weighted by molar-refractivity contribution is 7.88. The van der Waals surface area contributed by atoms with E-state index in [9.17, 15) is 12.8 Å². The number of rotatable bonds is 5. The van der Waals surface area contributed by atoms with Crippen LogP contribution < -0.4 is 10.1 Å². The molecule has 9 heteroatoms. The number of nitrogens with zero attached hydrogens (tertiary/aromatic N) is 1. The summed E-state index contributed by atoms with van der Waals surface area (Å²) in [5, 5.41) is 3.15. The van der Waals surface area contributed by atoms with Crippen LogP contribution >= 0.6 is 24.0 Å². The lowest BCUT2D eigenvalue weighted by molar-refractivity contribution is 0.264. The summed E-state index contributed by atoms with van der Waals surface area (Å²) in [4.78, 5) is 0. The van der Waals surface area contributed by atoms with Crippen molar-refractivity contribution in [3.63, 3.8) is 0 Å². The van der Waals surface area contributed by atoms with Crippen molar-refractivity contribution in [3.05, 3.63) is 64.4 Å². The molecule has 0 aliphatic carbocycles. The van der Waals surface area contributed by atoms with Crippen molar-refractivity contribution in [1.82, 2.24) is 9.62 Å². The molecule has 1 aliphatic heterocycles. The van der Waals surface area contributed by atoms with Gasteiger partial charge in [-0.05, 0) is 23.8 Å². The standard InChI is InChI=1S/C18H20ClFN2O3S.ClH/c1-25-18-5-3-2-4-14(18)17-11-21-8-9-22(17)26(23,24)12-13-6-7-16(20)15(19)10-13;/h2-7,10,17,21H,8-9,11-12H2,1H3;1H. The highest BCUT2D eigenvalue weighted by Gasteiger charge is 2.34. The molecule has 27 heavy (non-hydrogen) atoms. The molecule has 1 atom stereocenters. The van der Waals surface area contributed by atoms with Crippen molar-refractivity contribution >= 4 is 34.0 Å². The molecule has 1 fully saturated rings. The van der Waals surface area contributed by atoms with E-state index in [-0.39, 0.29) is 29.2 Å². The Hall–Kier alpha value is -1.38. The second kappa shape index (κ2) is 9.21. The zero-order valence-corrected chi connectivity index (χ0v) is 17.1. The van der Waals surface area contributed by atoms with Crippen molar-refractivity contribution in [1.29, 1.82) is 0 Å². The number of halogens is 3. The summed E-state index contributed by atoms with van der Waals surface area (Å²) in [6.45, 7) is 1.40. The fourth-order valence-corrected chi connectivity index (χ4v) is 5.06. The third-order valence-electron chi connectivity index (χ3n) is 4.38. The minimum atomic E-state index is -3.63. The molecule has 0 amide bonds. The molecule has 0 aromatic heterocycles. The normalized spacial score (nSPS) is 18.0. The number of piperazine rings is 1. The Kier molecular flexibility index (Phi) is 7.47. The van der Waals surface area contributed by atoms with E-state index in [1.54, 1.807) is 7.11 Å². The van der Waals surface area contributed by atoms with Crippen LogP contribution in [0.3, 0.4) is 0 Å². The summed E-state index contributed by atoms with van der Waals surface area (Å²) in [6, 6.07) is 11.0. The average Bonchev–Trinajstić information content (AvgIpc) is 2.64. The van der Waals surface area contributed by atoms with Crippen LogP contribution in [0.1, 0.15) is 17.2 Å². The molecule has 0 spiro atoms. The number of hydrogen-bond donors (Lipinski definition) is 1. The molecule has 1 heterocycles. The van der Waals surface area contributed by atoms with Crippen molar-refractivity contribution in [3.8, 4) is 5.75 Å². The van der Waals surface area contributed by atoms with E-state index in [4.69, 9.17) is 16.3 Å². The molecule has 1 aliphatic rings. The molecule has 0 saturated carbocycles. The quantitative estimate of drug-likeness (QED) is 0.783. The zero-order chi connectivity index (χ0) is 18.7. The Morgan fingerprint density at radius 2 is 2.04 bits per heavy atom. The summed E-state index contributed by atoms with van der Waals surface area (Å²) in [5.74, 6) is -0.160. The molecule has 1 unspecified atom stereocenters. The van der Waals surface area contributed by atoms with Crippen LogP contribution in [-0.4, -0.2) is 39.5 Å². The van der Waals surface area contributed by atoms with E-state index in [2.05, 4.69) is 5.32 Å². The monoisotopic (exact) mass is 434 g/mol. The lowest BCUT2D eigenvalue weighted by Gasteiger charge is -2.36. The van der Waals surface area contributed by atoms with Gasteiger partial charge in [0.1, 0.15) is 11.6 Å². The molecule has 0 radical (unpaired) electrons. The van der Waals surface area contributed by atoms with Crippen LogP contribution in [0.5, 0.6) is 5.75 Å². The van der Waals surface area contributed by atoms with Gasteiger partial charge in [-0.2, -0.15) is 4.31 Å². The van der Waals surface area contributed by atoms with E-state index in [0.717, 1.165) is 5.56 Å². The molecule has 1 N–H and O–H groups in total. The number of para-hydroxylation sites is 1. The first-order valence-electron chi connectivity index (χ1n) is 8.19. The van der Waals surface area contributed by atoms with Crippen LogP contribution in [0.4, 0.5) is 4.39 Å². The van der Waals surface area contributed by atoms with Crippen LogP contribution in [0.15, 0.2) is 42.5 Å². The van der Waals surface area contributed by atoms with Gasteiger partial charge in [0.25, 0.3) is 0 Å². The maximum absolute atomic E-state index is 13.3. The van der Waals surface area contributed by atoms with Gasteiger partial charge in [-0.15, -0.1) is 12.4 Å². The third-order valence-corrected chi connectivity index (χ3v) is 6.52. The van der Waals surface area contributed by atoms with E-state index in [1.165, 1.54) is 22.5 Å². The van der Waals surface area contributed by atoms with Crippen LogP contribution in [0.25, 0.3) is 0 Å². The molecule has 2 aromatic rings. The fraction of sp³-hybridized carbons (Fsp3) is 0.333. The van der Waals surface area contributed by atoms with E-state index in [0.29, 0.717) is 30.9 Å². The number of benzene rings is 2. The predicted octanol–water partition coefficient (Wildman–Crippen LogP) is 3.39. The van der Waals surface area contributed by atoms with Crippen LogP contribution in [-0.2, 0) is 15.8 Å². The first-order valence-corrected chi connectivity index (χ1v) is 10.2. The van der Waals surface area contributed by atoms with E-state index >= 15 is 0 Å². The van der Waals surface area contributed by atoms with Crippen molar-refractivity contribution in [2.75, 3.05) is 26.7 Å². The molecule has 148 valence electrons. The summed E-state index contributed by atoms with van der Waals surface area (Å²) in [6.07, 6.45) is 0. The van der Waals surface area contributed by atoms with Gasteiger partial charge in [-0.25, -0.2) is 12.8 Å². The van der Waals surface area contributed by atoms with E-state index in [1.807, 2.05) is 24.3 Å². The average molecular weight is 435 g/mol. The van der Waals surface area contributed by atoms with Gasteiger partial charge in [0, 0.05) is 25.2 Å². The smallest absolute Gasteiger partial charge is 0.218 e. The van der Waals surface area contributed by atoms with Gasteiger partial charge in [0.15, 0.2) is 0 Å². The maximum Gasteiger partial charge on any atom is 0.218 e. The Labute approximate surface area is 169 Å². The lowest BCUT2D eigenvalue weighted by Crippen LogP contribution is -2.49. The van der Waals surface area contributed by atoms with Gasteiger partial charge in [-0.1, -0.05) is 35.9 Å². The zero-order valence-electron chi connectivity index (χ0n) is 14.7. The van der Waals surface area contributed by atoms with Gasteiger partial charge < -0.3 is 10.1 Å². The molecule has 5 nitrogen and oxygen atoms in total. The maximum atomic E-state index is 13.3. The molecular weight excluding hydrogens is 414 g/mol. The molecule has 0 bridgehead atoms. The highest BCUT2D eigenvalue weighted by atomic mass is 35.5. The number of ether oxygens (including phenoxy) is 1. The first kappa shape index (κ1) is 21.9. The topological polar surface area (TPSA) is 58.6 Å². The largest absolute Gasteiger partial charge is 0.496 e. The van der Waals surface area contributed by atoms with Gasteiger partial charge in [0.05, 0.1) is 23.9 Å². The summed E-state index contributed by atoms with van der Waals surface area (Å²) < 4.78 is 46.3. The Morgan fingerprint density at radius 1 is 1.30 bits per heavy atom. The summed E-state index contributed by atoms with van der Waals surface area (Å²) in [5.41, 5.74) is 1.26. The van der Waals surface area contributed by atoms with E-state index < -0.39 is 15.8 Å². The van der Waals surface area contributed by atoms with Crippen molar-refractivity contribution in [2.45, 2.75) is 11.8 Å². The Morgan fingerprint density at radius 3 is 2.74 bits per heavy atom. The second-order valence-corrected chi connectivity index (χ2v) is 8.41. The number of nitrogens with one attached hydrogen (secondary N) is 1. The second-order valence-electron chi connectivity index (χ2n) is 6.08. The van der Waals surface area contributed by atoms with Gasteiger partial charge in [0.2, 0.25) is 10.0 Å². The van der Waals surface area contributed by atoms with Crippen LogP contribution in [0, 0.1) is 5.82 Å². The lowest BCUT2D eigenvalue weighted by atomic mass is 10.0. The third kappa shape index (κ3) is 4.92. The summed E-state index contributed by atoms with van der Waals surface area (Å²) >= 11 is 5.78. The minimum Gasteiger partial charge on any atom is -0.496 e. The van der Waals surface area contributed by atoms with Crippen molar-refractivity contribution < 1.29 is 17.5 Å². The summed E-state index contributed by atoms with van der Waals surface area (Å²) in [7, 11) is -2.07. The minimum absolute atomic E-state index is 0. The SMILES string of the molecule is COc1ccccc1C1CNCCN1S(=O)(=O)Cc1ccc(F)c(Cl)c1.Cl. The Bertz CT molecular complexity index is 896. The molecule has 1 saturated heterocycles. The van der Waals surface area contributed by atoms with Crippen molar-refractivity contribution in [2.24, 2.45) is 0 Å². The highest BCUT2D eigenvalue weighted by Crippen LogP contribution is 2.33. The first-order chi connectivity index (χ1) is 12.4. The number of hydrogen-bond acceptors (Lipinski definition) is 4. The molecule has 3 rings (SSSR count). The molecule has 2 aromatic carbocycles. The number of sulfonamides is 1. The predicted molar refractivity (Wildman–Crippen MR) is 107 cm³/mol. The Balaban J connectivity index is 0.00000261. The van der Waals surface area contributed by atoms with Gasteiger partial charge in [-0.3, -0.25) is 0 Å². The van der Waals surface area contributed by atoms with Crippen LogP contribution in [0.2, 0.25) is 5.02 Å². The number of methoxy groups -OCH3 is 1.